The van der Waals surface area contributed by atoms with Crippen molar-refractivity contribution in [3.63, 3.8) is 0 Å². The fourth-order valence-corrected chi connectivity index (χ4v) is 4.80. The van der Waals surface area contributed by atoms with E-state index in [0.717, 1.165) is 33.6 Å². The highest BCUT2D eigenvalue weighted by Crippen LogP contribution is 2.36. The molecule has 2 fully saturated rings. The zero-order chi connectivity index (χ0) is 13.9. The van der Waals surface area contributed by atoms with Gasteiger partial charge in [-0.25, -0.2) is 0 Å². The topological polar surface area (TPSA) is 20.3 Å². The Morgan fingerprint density at radius 2 is 2.05 bits per heavy atom. The highest BCUT2D eigenvalue weighted by Gasteiger charge is 2.32. The maximum Gasteiger partial charge on any atom is 0.246 e. The lowest BCUT2D eigenvalue weighted by atomic mass is 9.75. The molecule has 1 saturated heterocycles. The van der Waals surface area contributed by atoms with E-state index in [4.69, 9.17) is 0 Å². The number of nitrogens with zero attached hydrogens (tertiary/aromatic N) is 1. The second-order valence-electron chi connectivity index (χ2n) is 5.85. The van der Waals surface area contributed by atoms with Gasteiger partial charge >= 0.3 is 0 Å². The van der Waals surface area contributed by atoms with E-state index < -0.39 is 0 Å². The minimum absolute atomic E-state index is 0.179. The van der Waals surface area contributed by atoms with Crippen molar-refractivity contribution in [3.8, 4) is 0 Å². The lowest BCUT2D eigenvalue weighted by Crippen LogP contribution is -2.44. The molecule has 0 radical (unpaired) electrons. The van der Waals surface area contributed by atoms with Crippen LogP contribution in [0.2, 0.25) is 0 Å². The van der Waals surface area contributed by atoms with Gasteiger partial charge in [0.25, 0.3) is 0 Å². The summed E-state index contributed by atoms with van der Waals surface area (Å²) in [6.45, 7) is 1.92. The summed E-state index contributed by atoms with van der Waals surface area (Å²) in [6, 6.07) is 4.05. The van der Waals surface area contributed by atoms with E-state index >= 15 is 0 Å². The maximum atomic E-state index is 12.3. The van der Waals surface area contributed by atoms with E-state index in [1.165, 1.54) is 32.1 Å². The van der Waals surface area contributed by atoms with E-state index in [9.17, 15) is 4.79 Å². The Labute approximate surface area is 133 Å². The Balaban J connectivity index is 1.58. The van der Waals surface area contributed by atoms with E-state index in [-0.39, 0.29) is 5.91 Å². The van der Waals surface area contributed by atoms with E-state index in [1.54, 1.807) is 17.4 Å². The second kappa shape index (κ2) is 6.44. The summed E-state index contributed by atoms with van der Waals surface area (Å²) >= 11 is 5.10. The van der Waals surface area contributed by atoms with Crippen molar-refractivity contribution >= 4 is 39.2 Å². The molecule has 2 atom stereocenters. The van der Waals surface area contributed by atoms with Gasteiger partial charge in [0, 0.05) is 24.0 Å². The first kappa shape index (κ1) is 14.3. The number of thiophene rings is 1. The third kappa shape index (κ3) is 3.34. The first-order valence-corrected chi connectivity index (χ1v) is 9.05. The van der Waals surface area contributed by atoms with Crippen molar-refractivity contribution in [1.29, 1.82) is 0 Å². The standard InChI is InChI=1S/C16H20BrNOS/c17-15-7-5-14(20-15)6-8-16(19)18-10-9-12-3-1-2-4-13(12)11-18/h5-8,12-13H,1-4,9-11H2/b8-6+/t12-,13-/m1/s1. The van der Waals surface area contributed by atoms with Crippen molar-refractivity contribution in [2.45, 2.75) is 32.1 Å². The van der Waals surface area contributed by atoms with Crippen LogP contribution in [0.25, 0.3) is 6.08 Å². The molecule has 0 aromatic carbocycles. The number of piperidine rings is 1. The van der Waals surface area contributed by atoms with Gasteiger partial charge < -0.3 is 4.90 Å². The zero-order valence-electron chi connectivity index (χ0n) is 11.6. The van der Waals surface area contributed by atoms with E-state index in [0.29, 0.717) is 0 Å². The summed E-state index contributed by atoms with van der Waals surface area (Å²) in [6.07, 6.45) is 10.3. The van der Waals surface area contributed by atoms with Crippen LogP contribution in [0.15, 0.2) is 22.0 Å². The Morgan fingerprint density at radius 1 is 1.25 bits per heavy atom. The molecular formula is C16H20BrNOS. The summed E-state index contributed by atoms with van der Waals surface area (Å²) in [5.41, 5.74) is 0. The number of likely N-dealkylation sites (tertiary alicyclic amines) is 1. The highest BCUT2D eigenvalue weighted by molar-refractivity contribution is 9.11. The van der Waals surface area contributed by atoms with Crippen molar-refractivity contribution in [2.24, 2.45) is 11.8 Å². The summed E-state index contributed by atoms with van der Waals surface area (Å²) < 4.78 is 1.10. The van der Waals surface area contributed by atoms with Gasteiger partial charge in [-0.05, 0) is 58.8 Å². The van der Waals surface area contributed by atoms with Gasteiger partial charge in [-0.1, -0.05) is 19.3 Å². The van der Waals surface area contributed by atoms with Crippen molar-refractivity contribution in [2.75, 3.05) is 13.1 Å². The van der Waals surface area contributed by atoms with Crippen molar-refractivity contribution in [1.82, 2.24) is 4.90 Å². The molecule has 1 saturated carbocycles. The molecule has 108 valence electrons. The van der Waals surface area contributed by atoms with E-state index in [1.807, 2.05) is 23.1 Å². The summed E-state index contributed by atoms with van der Waals surface area (Å²) in [4.78, 5) is 15.5. The van der Waals surface area contributed by atoms with Crippen LogP contribution in [0, 0.1) is 11.8 Å². The molecule has 0 bridgehead atoms. The monoisotopic (exact) mass is 353 g/mol. The molecule has 2 aliphatic rings. The van der Waals surface area contributed by atoms with Crippen LogP contribution in [-0.2, 0) is 4.79 Å². The summed E-state index contributed by atoms with van der Waals surface area (Å²) in [5.74, 6) is 1.81. The highest BCUT2D eigenvalue weighted by atomic mass is 79.9. The number of carbonyl (C=O) groups excluding carboxylic acids is 1. The number of halogens is 1. The van der Waals surface area contributed by atoms with Gasteiger partial charge in [0.2, 0.25) is 5.91 Å². The zero-order valence-corrected chi connectivity index (χ0v) is 14.0. The van der Waals surface area contributed by atoms with Crippen LogP contribution in [0.1, 0.15) is 37.0 Å². The average Bonchev–Trinajstić information content (AvgIpc) is 2.90. The molecule has 4 heteroatoms. The Morgan fingerprint density at radius 3 is 2.80 bits per heavy atom. The minimum Gasteiger partial charge on any atom is -0.339 e. The van der Waals surface area contributed by atoms with Gasteiger partial charge in [0.1, 0.15) is 0 Å². The number of rotatable bonds is 2. The molecule has 1 aliphatic carbocycles. The molecule has 3 rings (SSSR count). The molecule has 2 nitrogen and oxygen atoms in total. The van der Waals surface area contributed by atoms with Gasteiger partial charge in [-0.15, -0.1) is 11.3 Å². The Hall–Kier alpha value is -0.610. The van der Waals surface area contributed by atoms with Crippen LogP contribution in [0.3, 0.4) is 0 Å². The third-order valence-corrected chi connectivity index (χ3v) is 6.18. The van der Waals surface area contributed by atoms with Crippen LogP contribution >= 0.6 is 27.3 Å². The maximum absolute atomic E-state index is 12.3. The molecule has 0 N–H and O–H groups in total. The molecular weight excluding hydrogens is 334 g/mol. The largest absolute Gasteiger partial charge is 0.339 e. The summed E-state index contributed by atoms with van der Waals surface area (Å²) in [5, 5.41) is 0. The van der Waals surface area contributed by atoms with Crippen molar-refractivity contribution in [3.05, 3.63) is 26.9 Å². The Bertz CT molecular complexity index is 510. The van der Waals surface area contributed by atoms with Crippen LogP contribution < -0.4 is 0 Å². The SMILES string of the molecule is O=C(/C=C/c1ccc(Br)s1)N1CC[C@H]2CCCC[C@@H]2C1. The molecule has 1 aromatic heterocycles. The van der Waals surface area contributed by atoms with Gasteiger partial charge in [-0.2, -0.15) is 0 Å². The molecule has 1 aromatic rings. The van der Waals surface area contributed by atoms with Crippen molar-refractivity contribution < 1.29 is 4.79 Å². The van der Waals surface area contributed by atoms with E-state index in [2.05, 4.69) is 15.9 Å². The number of amides is 1. The third-order valence-electron chi connectivity index (χ3n) is 4.59. The number of hydrogen-bond donors (Lipinski definition) is 0. The summed E-state index contributed by atoms with van der Waals surface area (Å²) in [7, 11) is 0. The number of hydrogen-bond acceptors (Lipinski definition) is 2. The van der Waals surface area contributed by atoms with Crippen LogP contribution in [0.4, 0.5) is 0 Å². The molecule has 0 unspecified atom stereocenters. The lowest BCUT2D eigenvalue weighted by molar-refractivity contribution is -0.128. The molecule has 20 heavy (non-hydrogen) atoms. The first-order chi connectivity index (χ1) is 9.72. The Kier molecular flexibility index (Phi) is 4.61. The first-order valence-electron chi connectivity index (χ1n) is 7.45. The van der Waals surface area contributed by atoms with Crippen LogP contribution in [-0.4, -0.2) is 23.9 Å². The predicted molar refractivity (Wildman–Crippen MR) is 87.7 cm³/mol. The fraction of sp³-hybridized carbons (Fsp3) is 0.562. The van der Waals surface area contributed by atoms with Gasteiger partial charge in [-0.3, -0.25) is 4.79 Å². The molecule has 1 amide bonds. The quantitative estimate of drug-likeness (QED) is 0.713. The minimum atomic E-state index is 0.179. The lowest BCUT2D eigenvalue weighted by Gasteiger charge is -2.41. The fourth-order valence-electron chi connectivity index (χ4n) is 3.48. The number of fused-ring (bicyclic) bond motifs is 1. The smallest absolute Gasteiger partial charge is 0.246 e. The number of carbonyl (C=O) groups is 1. The normalized spacial score (nSPS) is 26.8. The molecule has 2 heterocycles. The van der Waals surface area contributed by atoms with Gasteiger partial charge in [0.05, 0.1) is 3.79 Å². The van der Waals surface area contributed by atoms with Crippen LogP contribution in [0.5, 0.6) is 0 Å². The van der Waals surface area contributed by atoms with Gasteiger partial charge in [0.15, 0.2) is 0 Å². The molecule has 1 aliphatic heterocycles. The average molecular weight is 354 g/mol. The predicted octanol–water partition coefficient (Wildman–Crippen LogP) is 4.56. The molecule has 0 spiro atoms. The second-order valence-corrected chi connectivity index (χ2v) is 8.35.